The van der Waals surface area contributed by atoms with Crippen molar-refractivity contribution in [3.63, 3.8) is 0 Å². The first-order valence-electron chi connectivity index (χ1n) is 8.48. The van der Waals surface area contributed by atoms with E-state index in [-0.39, 0.29) is 5.78 Å². The third kappa shape index (κ3) is 3.50. The number of fused-ring (bicyclic) bond motifs is 2. The highest BCUT2D eigenvalue weighted by Gasteiger charge is 2.22. The molecule has 24 heavy (non-hydrogen) atoms. The van der Waals surface area contributed by atoms with Gasteiger partial charge in [-0.15, -0.1) is 0 Å². The molecular formula is C20H24N2OS. The van der Waals surface area contributed by atoms with Gasteiger partial charge in [0, 0.05) is 21.8 Å². The molecule has 2 aromatic carbocycles. The number of hydrogen-bond donors (Lipinski definition) is 1. The third-order valence-corrected chi connectivity index (χ3v) is 5.43. The van der Waals surface area contributed by atoms with Crippen molar-refractivity contribution in [1.29, 1.82) is 0 Å². The van der Waals surface area contributed by atoms with Crippen molar-refractivity contribution in [3.8, 4) is 0 Å². The summed E-state index contributed by atoms with van der Waals surface area (Å²) in [7, 11) is 4.17. The summed E-state index contributed by atoms with van der Waals surface area (Å²) in [6, 6.07) is 12.4. The Hall–Kier alpha value is -1.78. The van der Waals surface area contributed by atoms with Gasteiger partial charge in [0.05, 0.1) is 11.4 Å². The van der Waals surface area contributed by atoms with E-state index in [1.54, 1.807) is 11.8 Å². The van der Waals surface area contributed by atoms with E-state index in [9.17, 15) is 4.79 Å². The monoisotopic (exact) mass is 340 g/mol. The number of nitrogens with one attached hydrogen (secondary N) is 1. The van der Waals surface area contributed by atoms with Crippen LogP contribution in [0.4, 0.5) is 11.4 Å². The van der Waals surface area contributed by atoms with Crippen molar-refractivity contribution in [2.24, 2.45) is 0 Å². The number of nitrogens with zero attached hydrogens (tertiary/aromatic N) is 1. The maximum Gasteiger partial charge on any atom is 0.162 e. The van der Waals surface area contributed by atoms with Crippen LogP contribution in [0.25, 0.3) is 0 Å². The van der Waals surface area contributed by atoms with Gasteiger partial charge >= 0.3 is 0 Å². The number of ketones is 1. The Morgan fingerprint density at radius 3 is 2.67 bits per heavy atom. The van der Waals surface area contributed by atoms with E-state index in [2.05, 4.69) is 48.6 Å². The molecule has 3 nitrogen and oxygen atoms in total. The van der Waals surface area contributed by atoms with Crippen molar-refractivity contribution in [2.75, 3.05) is 26.0 Å². The molecular weight excluding hydrogens is 316 g/mol. The largest absolute Gasteiger partial charge is 0.353 e. The van der Waals surface area contributed by atoms with Crippen LogP contribution in [0.5, 0.6) is 0 Å². The minimum atomic E-state index is 0.225. The highest BCUT2D eigenvalue weighted by Crippen LogP contribution is 2.46. The molecule has 0 spiro atoms. The summed E-state index contributed by atoms with van der Waals surface area (Å²) in [4.78, 5) is 17.1. The predicted molar refractivity (Wildman–Crippen MR) is 102 cm³/mol. The van der Waals surface area contributed by atoms with E-state index in [0.717, 1.165) is 36.3 Å². The SMILES string of the molecule is CCC(=O)c1ccc2c(c1CCCN(C)C)Nc1ccccc1S2. The summed E-state index contributed by atoms with van der Waals surface area (Å²) in [6.07, 6.45) is 2.50. The molecule has 126 valence electrons. The molecule has 0 fully saturated rings. The molecule has 2 aromatic rings. The van der Waals surface area contributed by atoms with E-state index in [1.165, 1.54) is 15.4 Å². The van der Waals surface area contributed by atoms with Crippen LogP contribution in [0, 0.1) is 0 Å². The Morgan fingerprint density at radius 2 is 1.92 bits per heavy atom. The van der Waals surface area contributed by atoms with Gasteiger partial charge in [-0.2, -0.15) is 0 Å². The fourth-order valence-electron chi connectivity index (χ4n) is 3.04. The number of hydrogen-bond acceptors (Lipinski definition) is 4. The lowest BCUT2D eigenvalue weighted by Gasteiger charge is -2.25. The molecule has 1 heterocycles. The standard InChI is InChI=1S/C20H24N2OS/c1-4-17(23)14-11-12-19-20(15(14)8-7-13-22(2)3)21-16-9-5-6-10-18(16)24-19/h5-6,9-12,21H,4,7-8,13H2,1-3H3. The van der Waals surface area contributed by atoms with E-state index < -0.39 is 0 Å². The summed E-state index contributed by atoms with van der Waals surface area (Å²) in [6.45, 7) is 2.95. The van der Waals surface area contributed by atoms with Gasteiger partial charge in [0.25, 0.3) is 0 Å². The smallest absolute Gasteiger partial charge is 0.162 e. The van der Waals surface area contributed by atoms with Crippen LogP contribution in [0.1, 0.15) is 35.7 Å². The second-order valence-corrected chi connectivity index (χ2v) is 7.46. The van der Waals surface area contributed by atoms with Crippen molar-refractivity contribution in [3.05, 3.63) is 47.5 Å². The van der Waals surface area contributed by atoms with Gasteiger partial charge in [0.15, 0.2) is 5.78 Å². The third-order valence-electron chi connectivity index (χ3n) is 4.29. The second-order valence-electron chi connectivity index (χ2n) is 6.37. The van der Waals surface area contributed by atoms with Crippen LogP contribution < -0.4 is 5.32 Å². The number of carbonyl (C=O) groups excluding carboxylic acids is 1. The van der Waals surface area contributed by atoms with Gasteiger partial charge < -0.3 is 10.2 Å². The number of Topliss-reactive ketones (excluding diaryl/α,β-unsaturated/α-hetero) is 1. The lowest BCUT2D eigenvalue weighted by Crippen LogP contribution is -2.15. The van der Waals surface area contributed by atoms with Crippen molar-refractivity contribution in [2.45, 2.75) is 36.0 Å². The fourth-order valence-corrected chi connectivity index (χ4v) is 4.07. The zero-order chi connectivity index (χ0) is 17.1. The number of benzene rings is 2. The number of carbonyl (C=O) groups is 1. The molecule has 4 heteroatoms. The topological polar surface area (TPSA) is 32.3 Å². The van der Waals surface area contributed by atoms with Gasteiger partial charge in [-0.1, -0.05) is 30.8 Å². The van der Waals surface area contributed by atoms with Crippen LogP contribution in [0.15, 0.2) is 46.2 Å². The van der Waals surface area contributed by atoms with Crippen molar-refractivity contribution < 1.29 is 4.79 Å². The van der Waals surface area contributed by atoms with Gasteiger partial charge in [0.1, 0.15) is 0 Å². The summed E-state index contributed by atoms with van der Waals surface area (Å²) in [5.41, 5.74) is 4.30. The molecule has 0 bridgehead atoms. The molecule has 3 rings (SSSR count). The summed E-state index contributed by atoms with van der Waals surface area (Å²) < 4.78 is 0. The number of para-hydroxylation sites is 1. The average molecular weight is 340 g/mol. The highest BCUT2D eigenvalue weighted by atomic mass is 32.2. The first-order chi connectivity index (χ1) is 11.6. The normalized spacial score (nSPS) is 12.5. The zero-order valence-electron chi connectivity index (χ0n) is 14.6. The first-order valence-corrected chi connectivity index (χ1v) is 9.29. The van der Waals surface area contributed by atoms with Gasteiger partial charge in [-0.3, -0.25) is 4.79 Å². The molecule has 0 saturated heterocycles. The predicted octanol–water partition coefficient (Wildman–Crippen LogP) is 4.98. The quantitative estimate of drug-likeness (QED) is 0.641. The number of rotatable bonds is 6. The molecule has 0 aliphatic carbocycles. The minimum Gasteiger partial charge on any atom is -0.353 e. The fraction of sp³-hybridized carbons (Fsp3) is 0.350. The Balaban J connectivity index is 1.99. The molecule has 1 aliphatic heterocycles. The minimum absolute atomic E-state index is 0.225. The van der Waals surface area contributed by atoms with E-state index in [0.29, 0.717) is 6.42 Å². The molecule has 1 aliphatic rings. The average Bonchev–Trinajstić information content (AvgIpc) is 2.59. The summed E-state index contributed by atoms with van der Waals surface area (Å²) in [5.74, 6) is 0.225. The van der Waals surface area contributed by atoms with Gasteiger partial charge in [-0.05, 0) is 63.3 Å². The van der Waals surface area contributed by atoms with Crippen molar-refractivity contribution in [1.82, 2.24) is 4.90 Å². The molecule has 0 amide bonds. The van der Waals surface area contributed by atoms with Crippen LogP contribution in [0.3, 0.4) is 0 Å². The van der Waals surface area contributed by atoms with Crippen molar-refractivity contribution >= 4 is 28.9 Å². The Morgan fingerprint density at radius 1 is 1.12 bits per heavy atom. The molecule has 0 unspecified atom stereocenters. The number of anilines is 2. The van der Waals surface area contributed by atoms with Gasteiger partial charge in [-0.25, -0.2) is 0 Å². The maximum absolute atomic E-state index is 12.4. The molecule has 0 atom stereocenters. The maximum atomic E-state index is 12.4. The Bertz CT molecular complexity index is 755. The lowest BCUT2D eigenvalue weighted by molar-refractivity contribution is 0.0987. The first kappa shape index (κ1) is 17.1. The molecule has 0 radical (unpaired) electrons. The Kier molecular flexibility index (Phi) is 5.27. The van der Waals surface area contributed by atoms with E-state index in [4.69, 9.17) is 0 Å². The Labute approximate surface area is 148 Å². The van der Waals surface area contributed by atoms with Gasteiger partial charge in [0.2, 0.25) is 0 Å². The van der Waals surface area contributed by atoms with E-state index in [1.807, 2.05) is 19.1 Å². The molecule has 1 N–H and O–H groups in total. The van der Waals surface area contributed by atoms with Crippen LogP contribution in [-0.2, 0) is 6.42 Å². The molecule has 0 aromatic heterocycles. The molecule has 0 saturated carbocycles. The summed E-state index contributed by atoms with van der Waals surface area (Å²) >= 11 is 1.78. The summed E-state index contributed by atoms with van der Waals surface area (Å²) in [5, 5.41) is 3.58. The van der Waals surface area contributed by atoms with Crippen LogP contribution in [0.2, 0.25) is 0 Å². The highest BCUT2D eigenvalue weighted by molar-refractivity contribution is 7.99. The van der Waals surface area contributed by atoms with Crippen LogP contribution in [-0.4, -0.2) is 31.3 Å². The van der Waals surface area contributed by atoms with E-state index >= 15 is 0 Å². The second kappa shape index (κ2) is 7.41. The lowest BCUT2D eigenvalue weighted by atomic mass is 9.96. The zero-order valence-corrected chi connectivity index (χ0v) is 15.4. The van der Waals surface area contributed by atoms with Crippen LogP contribution >= 0.6 is 11.8 Å².